The number of ether oxygens (including phenoxy) is 2. The summed E-state index contributed by atoms with van der Waals surface area (Å²) in [5, 5.41) is 0. The third kappa shape index (κ3) is 5.24. The number of likely N-dealkylation sites (tertiary alicyclic amines) is 1. The van der Waals surface area contributed by atoms with Gasteiger partial charge in [-0.1, -0.05) is 24.3 Å². The van der Waals surface area contributed by atoms with E-state index in [9.17, 15) is 13.2 Å². The summed E-state index contributed by atoms with van der Waals surface area (Å²) in [6, 6.07) is 14.5. The molecule has 1 heterocycles. The van der Waals surface area contributed by atoms with Gasteiger partial charge in [0.15, 0.2) is 0 Å². The molecule has 2 atom stereocenters. The molecule has 0 bridgehead atoms. The summed E-state index contributed by atoms with van der Waals surface area (Å²) in [5.74, 6) is 2.77. The van der Waals surface area contributed by atoms with Crippen LogP contribution in [0.25, 0.3) is 0 Å². The van der Waals surface area contributed by atoms with E-state index < -0.39 is 6.36 Å². The monoisotopic (exact) mass is 404 g/mol. The molecule has 2 unspecified atom stereocenters. The fraction of sp³-hybridized carbons (Fsp3) is 0.435. The van der Waals surface area contributed by atoms with Crippen LogP contribution in [0.5, 0.6) is 11.5 Å². The SMILES string of the molecule is CCOc1ccc(CN2CC3C(C[CH]c4cccc(OC(F)(F)F)c4)C3C2)cc1. The standard InChI is InChI=1S/C23H25F3NO2/c1-2-28-18-9-6-17(7-10-18)13-27-14-21-20(22(21)15-27)11-8-16-4-3-5-19(12-16)29-23(24,25)26/h3-10,12,20-22H,2,11,13-15H2,1H3. The van der Waals surface area contributed by atoms with E-state index >= 15 is 0 Å². The molecule has 2 aromatic carbocycles. The van der Waals surface area contributed by atoms with Gasteiger partial charge in [-0.05, 0) is 72.9 Å². The minimum atomic E-state index is -4.65. The fourth-order valence-corrected chi connectivity index (χ4v) is 4.44. The number of hydrogen-bond acceptors (Lipinski definition) is 3. The summed E-state index contributed by atoms with van der Waals surface area (Å²) in [5.41, 5.74) is 2.07. The van der Waals surface area contributed by atoms with Crippen LogP contribution >= 0.6 is 0 Å². The van der Waals surface area contributed by atoms with E-state index in [1.165, 1.54) is 17.7 Å². The molecule has 1 aliphatic heterocycles. The normalized spacial score (nSPS) is 23.7. The predicted octanol–water partition coefficient (Wildman–Crippen LogP) is 5.30. The number of nitrogens with zero attached hydrogens (tertiary/aromatic N) is 1. The van der Waals surface area contributed by atoms with Crippen molar-refractivity contribution in [2.24, 2.45) is 17.8 Å². The highest BCUT2D eigenvalue weighted by molar-refractivity contribution is 5.33. The van der Waals surface area contributed by atoms with Crippen molar-refractivity contribution in [3.63, 3.8) is 0 Å². The fourth-order valence-electron chi connectivity index (χ4n) is 4.44. The van der Waals surface area contributed by atoms with Crippen molar-refractivity contribution in [2.75, 3.05) is 19.7 Å². The van der Waals surface area contributed by atoms with Gasteiger partial charge in [0, 0.05) is 19.6 Å². The Hall–Kier alpha value is -2.21. The zero-order valence-corrected chi connectivity index (χ0v) is 16.4. The van der Waals surface area contributed by atoms with E-state index in [0.29, 0.717) is 24.4 Å². The number of halogens is 3. The smallest absolute Gasteiger partial charge is 0.494 e. The van der Waals surface area contributed by atoms with Crippen LogP contribution in [0.4, 0.5) is 13.2 Å². The van der Waals surface area contributed by atoms with Crippen LogP contribution in [0.1, 0.15) is 24.5 Å². The van der Waals surface area contributed by atoms with Crippen LogP contribution in [0.2, 0.25) is 0 Å². The molecule has 0 N–H and O–H groups in total. The molecule has 4 rings (SSSR count). The second kappa shape index (κ2) is 8.27. The molecule has 2 fully saturated rings. The average molecular weight is 404 g/mol. The number of piperidine rings is 1. The summed E-state index contributed by atoms with van der Waals surface area (Å²) in [4.78, 5) is 2.49. The quantitative estimate of drug-likeness (QED) is 0.596. The minimum absolute atomic E-state index is 0.163. The largest absolute Gasteiger partial charge is 0.573 e. The Morgan fingerprint density at radius 1 is 1.03 bits per heavy atom. The van der Waals surface area contributed by atoms with Crippen LogP contribution in [0.3, 0.4) is 0 Å². The summed E-state index contributed by atoms with van der Waals surface area (Å²) in [7, 11) is 0. The first-order chi connectivity index (χ1) is 13.9. The average Bonchev–Trinajstić information content (AvgIpc) is 3.12. The molecule has 6 heteroatoms. The maximum absolute atomic E-state index is 12.4. The maximum atomic E-state index is 12.4. The molecule has 2 aliphatic rings. The number of hydrogen-bond donors (Lipinski definition) is 0. The highest BCUT2D eigenvalue weighted by Crippen LogP contribution is 2.54. The lowest BCUT2D eigenvalue weighted by Gasteiger charge is -2.19. The molecular formula is C23H25F3NO2. The first-order valence-corrected chi connectivity index (χ1v) is 10.0. The van der Waals surface area contributed by atoms with Crippen molar-refractivity contribution in [3.8, 4) is 11.5 Å². The zero-order valence-electron chi connectivity index (χ0n) is 16.4. The highest BCUT2D eigenvalue weighted by atomic mass is 19.4. The first-order valence-electron chi connectivity index (χ1n) is 10.0. The first kappa shape index (κ1) is 20.1. The van der Waals surface area contributed by atoms with Gasteiger partial charge >= 0.3 is 6.36 Å². The molecule has 1 saturated heterocycles. The summed E-state index contributed by atoms with van der Waals surface area (Å²) in [6.45, 7) is 5.78. The molecule has 0 amide bonds. The van der Waals surface area contributed by atoms with Gasteiger partial charge in [-0.3, -0.25) is 4.90 Å². The van der Waals surface area contributed by atoms with Gasteiger partial charge in [-0.25, -0.2) is 0 Å². The Balaban J connectivity index is 1.21. The van der Waals surface area contributed by atoms with Crippen molar-refractivity contribution >= 4 is 0 Å². The van der Waals surface area contributed by atoms with Crippen molar-refractivity contribution in [3.05, 3.63) is 66.1 Å². The lowest BCUT2D eigenvalue weighted by molar-refractivity contribution is -0.274. The van der Waals surface area contributed by atoms with Crippen LogP contribution in [-0.4, -0.2) is 31.0 Å². The molecule has 3 nitrogen and oxygen atoms in total. The van der Waals surface area contributed by atoms with E-state index in [1.807, 2.05) is 31.5 Å². The van der Waals surface area contributed by atoms with Gasteiger partial charge in [-0.15, -0.1) is 13.2 Å². The van der Waals surface area contributed by atoms with E-state index in [1.54, 1.807) is 6.07 Å². The zero-order chi connectivity index (χ0) is 20.4. The van der Waals surface area contributed by atoms with Gasteiger partial charge in [0.2, 0.25) is 0 Å². The molecule has 155 valence electrons. The summed E-state index contributed by atoms with van der Waals surface area (Å²) in [6.07, 6.45) is -1.72. The molecule has 1 saturated carbocycles. The second-order valence-corrected chi connectivity index (χ2v) is 7.82. The molecule has 29 heavy (non-hydrogen) atoms. The third-order valence-electron chi connectivity index (χ3n) is 5.80. The van der Waals surface area contributed by atoms with E-state index in [-0.39, 0.29) is 5.75 Å². The van der Waals surface area contributed by atoms with Crippen LogP contribution in [0.15, 0.2) is 48.5 Å². The van der Waals surface area contributed by atoms with Crippen molar-refractivity contribution < 1.29 is 22.6 Å². The van der Waals surface area contributed by atoms with Crippen LogP contribution in [0, 0.1) is 24.2 Å². The molecular weight excluding hydrogens is 379 g/mol. The van der Waals surface area contributed by atoms with Gasteiger partial charge in [-0.2, -0.15) is 0 Å². The number of rotatable bonds is 8. The molecule has 2 aromatic rings. The topological polar surface area (TPSA) is 21.7 Å². The van der Waals surface area contributed by atoms with Crippen molar-refractivity contribution in [1.29, 1.82) is 0 Å². The maximum Gasteiger partial charge on any atom is 0.573 e. The van der Waals surface area contributed by atoms with Crippen molar-refractivity contribution in [1.82, 2.24) is 4.90 Å². The lowest BCUT2D eigenvalue weighted by atomic mass is 10.0. The minimum Gasteiger partial charge on any atom is -0.494 e. The van der Waals surface area contributed by atoms with Gasteiger partial charge in [0.25, 0.3) is 0 Å². The van der Waals surface area contributed by atoms with Crippen molar-refractivity contribution in [2.45, 2.75) is 26.3 Å². The molecule has 0 aromatic heterocycles. The summed E-state index contributed by atoms with van der Waals surface area (Å²) >= 11 is 0. The lowest BCUT2D eigenvalue weighted by Crippen LogP contribution is -2.24. The Bertz CT molecular complexity index is 810. The van der Waals surface area contributed by atoms with Gasteiger partial charge in [0.05, 0.1) is 6.61 Å². The van der Waals surface area contributed by atoms with Gasteiger partial charge in [0.1, 0.15) is 11.5 Å². The third-order valence-corrected chi connectivity index (χ3v) is 5.80. The van der Waals surface area contributed by atoms with E-state index in [2.05, 4.69) is 21.8 Å². The Labute approximate surface area is 169 Å². The van der Waals surface area contributed by atoms with Crippen LogP contribution in [-0.2, 0) is 6.54 Å². The van der Waals surface area contributed by atoms with E-state index in [0.717, 1.165) is 37.4 Å². The van der Waals surface area contributed by atoms with Crippen LogP contribution < -0.4 is 9.47 Å². The Morgan fingerprint density at radius 2 is 1.76 bits per heavy atom. The Morgan fingerprint density at radius 3 is 2.41 bits per heavy atom. The predicted molar refractivity (Wildman–Crippen MR) is 105 cm³/mol. The molecule has 1 aliphatic carbocycles. The number of fused-ring (bicyclic) bond motifs is 1. The molecule has 1 radical (unpaired) electrons. The van der Waals surface area contributed by atoms with E-state index in [4.69, 9.17) is 4.74 Å². The molecule has 0 spiro atoms. The Kier molecular flexibility index (Phi) is 5.72. The second-order valence-electron chi connectivity index (χ2n) is 7.82. The number of benzene rings is 2. The highest BCUT2D eigenvalue weighted by Gasteiger charge is 2.54. The number of alkyl halides is 3. The summed E-state index contributed by atoms with van der Waals surface area (Å²) < 4.78 is 46.6. The van der Waals surface area contributed by atoms with Gasteiger partial charge < -0.3 is 9.47 Å².